The number of ether oxygens (including phenoxy) is 2. The van der Waals surface area contributed by atoms with Crippen LogP contribution < -0.4 is 0 Å². The summed E-state index contributed by atoms with van der Waals surface area (Å²) in [6, 6.07) is 5.80. The summed E-state index contributed by atoms with van der Waals surface area (Å²) in [4.78, 5) is 19.3. The largest absolute Gasteiger partial charge is 0.444 e. The number of likely N-dealkylation sites (tertiary alicyclic amines) is 1. The molecule has 1 atom stereocenters. The maximum atomic E-state index is 12.5. The Morgan fingerprint density at radius 1 is 1.36 bits per heavy atom. The molecule has 0 radical (unpaired) electrons. The molecule has 6 nitrogen and oxygen atoms in total. The van der Waals surface area contributed by atoms with E-state index in [0.717, 1.165) is 49.2 Å². The van der Waals surface area contributed by atoms with Gasteiger partial charge in [0.2, 0.25) is 0 Å². The van der Waals surface area contributed by atoms with Crippen LogP contribution in [0.15, 0.2) is 18.2 Å². The number of imidazole rings is 1. The molecule has 2 aromatic rings. The number of amides is 1. The van der Waals surface area contributed by atoms with E-state index in [1.54, 1.807) is 7.11 Å². The number of methoxy groups -OCH3 is 1. The summed E-state index contributed by atoms with van der Waals surface area (Å²) in [5.41, 5.74) is 1.48. The number of carbonyl (C=O) groups excluding carboxylic acids is 1. The lowest BCUT2D eigenvalue weighted by Gasteiger charge is -2.34. The quantitative estimate of drug-likeness (QED) is 0.665. The Hall–Kier alpha value is -1.79. The van der Waals surface area contributed by atoms with E-state index in [4.69, 9.17) is 26.1 Å². The Kier molecular flexibility index (Phi) is 6.50. The number of carbonyl (C=O) groups is 1. The predicted octanol–water partition coefficient (Wildman–Crippen LogP) is 4.84. The van der Waals surface area contributed by atoms with Gasteiger partial charge in [-0.2, -0.15) is 0 Å². The molecule has 154 valence electrons. The van der Waals surface area contributed by atoms with Crippen molar-refractivity contribution in [2.75, 3.05) is 26.8 Å². The Morgan fingerprint density at radius 2 is 2.14 bits per heavy atom. The van der Waals surface area contributed by atoms with E-state index in [-0.39, 0.29) is 12.0 Å². The van der Waals surface area contributed by atoms with Gasteiger partial charge < -0.3 is 18.9 Å². The zero-order valence-electron chi connectivity index (χ0n) is 17.2. The monoisotopic (exact) mass is 407 g/mol. The van der Waals surface area contributed by atoms with E-state index in [1.807, 2.05) is 43.9 Å². The third-order valence-corrected chi connectivity index (χ3v) is 5.14. The number of benzene rings is 1. The molecule has 0 aliphatic carbocycles. The van der Waals surface area contributed by atoms with Crippen molar-refractivity contribution >= 4 is 28.7 Å². The maximum Gasteiger partial charge on any atom is 0.410 e. The Balaban J connectivity index is 1.86. The Labute approximate surface area is 171 Å². The highest BCUT2D eigenvalue weighted by molar-refractivity contribution is 6.31. The summed E-state index contributed by atoms with van der Waals surface area (Å²) in [7, 11) is 1.71. The van der Waals surface area contributed by atoms with Crippen LogP contribution in [0.25, 0.3) is 11.0 Å². The van der Waals surface area contributed by atoms with Gasteiger partial charge in [0.05, 0.1) is 11.0 Å². The van der Waals surface area contributed by atoms with Gasteiger partial charge in [-0.05, 0) is 58.2 Å². The molecule has 1 amide bonds. The van der Waals surface area contributed by atoms with Gasteiger partial charge in [-0.25, -0.2) is 9.78 Å². The van der Waals surface area contributed by atoms with Crippen molar-refractivity contribution in [1.82, 2.24) is 14.5 Å². The van der Waals surface area contributed by atoms with Gasteiger partial charge >= 0.3 is 6.09 Å². The Morgan fingerprint density at radius 3 is 2.86 bits per heavy atom. The summed E-state index contributed by atoms with van der Waals surface area (Å²) in [5.74, 6) is 1.19. The summed E-state index contributed by atoms with van der Waals surface area (Å²) in [6.07, 6.45) is 2.58. The SMILES string of the molecule is COCCCn1c([C@@H]2CCCN(C(=O)OC(C)(C)C)C2)nc2ccc(Cl)cc21. The van der Waals surface area contributed by atoms with Gasteiger partial charge in [-0.1, -0.05) is 11.6 Å². The average Bonchev–Trinajstić information content (AvgIpc) is 2.99. The molecule has 1 aromatic carbocycles. The molecule has 3 rings (SSSR count). The van der Waals surface area contributed by atoms with Crippen LogP contribution in [-0.2, 0) is 16.0 Å². The highest BCUT2D eigenvalue weighted by Gasteiger charge is 2.31. The molecular formula is C21H30ClN3O3. The van der Waals surface area contributed by atoms with Crippen molar-refractivity contribution in [2.45, 2.75) is 58.1 Å². The number of aromatic nitrogens is 2. The summed E-state index contributed by atoms with van der Waals surface area (Å²) >= 11 is 6.24. The first-order chi connectivity index (χ1) is 13.3. The zero-order chi connectivity index (χ0) is 20.3. The fraction of sp³-hybridized carbons (Fsp3) is 0.619. The molecule has 1 aliphatic rings. The number of halogens is 1. The molecule has 1 fully saturated rings. The number of rotatable bonds is 5. The number of nitrogens with zero attached hydrogens (tertiary/aromatic N) is 3. The molecule has 28 heavy (non-hydrogen) atoms. The van der Waals surface area contributed by atoms with E-state index in [2.05, 4.69) is 4.57 Å². The minimum absolute atomic E-state index is 0.176. The average molecular weight is 408 g/mol. The molecular weight excluding hydrogens is 378 g/mol. The number of aryl methyl sites for hydroxylation is 1. The van der Waals surface area contributed by atoms with Crippen LogP contribution in [0.4, 0.5) is 4.79 Å². The zero-order valence-corrected chi connectivity index (χ0v) is 18.0. The molecule has 1 aromatic heterocycles. The molecule has 0 unspecified atom stereocenters. The van der Waals surface area contributed by atoms with E-state index in [1.165, 1.54) is 0 Å². The smallest absolute Gasteiger partial charge is 0.410 e. The lowest BCUT2D eigenvalue weighted by atomic mass is 9.97. The molecule has 7 heteroatoms. The molecule has 0 saturated carbocycles. The van der Waals surface area contributed by atoms with Crippen molar-refractivity contribution in [1.29, 1.82) is 0 Å². The number of hydrogen-bond acceptors (Lipinski definition) is 4. The van der Waals surface area contributed by atoms with Crippen molar-refractivity contribution < 1.29 is 14.3 Å². The number of piperidine rings is 1. The van der Waals surface area contributed by atoms with E-state index >= 15 is 0 Å². The van der Waals surface area contributed by atoms with E-state index < -0.39 is 5.60 Å². The minimum atomic E-state index is -0.492. The van der Waals surface area contributed by atoms with Crippen LogP contribution in [0, 0.1) is 0 Å². The lowest BCUT2D eigenvalue weighted by molar-refractivity contribution is 0.0195. The van der Waals surface area contributed by atoms with Gasteiger partial charge in [0.25, 0.3) is 0 Å². The van der Waals surface area contributed by atoms with Crippen LogP contribution in [0.5, 0.6) is 0 Å². The van der Waals surface area contributed by atoms with Crippen molar-refractivity contribution in [3.05, 3.63) is 29.0 Å². The topological polar surface area (TPSA) is 56.6 Å². The first-order valence-corrected chi connectivity index (χ1v) is 10.3. The summed E-state index contributed by atoms with van der Waals surface area (Å²) in [5, 5.41) is 0.700. The van der Waals surface area contributed by atoms with Crippen LogP contribution in [-0.4, -0.2) is 53.0 Å². The minimum Gasteiger partial charge on any atom is -0.444 e. The molecule has 1 saturated heterocycles. The van der Waals surface area contributed by atoms with Crippen LogP contribution in [0.3, 0.4) is 0 Å². The molecule has 2 heterocycles. The van der Waals surface area contributed by atoms with Crippen LogP contribution >= 0.6 is 11.6 Å². The highest BCUT2D eigenvalue weighted by Crippen LogP contribution is 2.31. The van der Waals surface area contributed by atoms with Crippen LogP contribution in [0.2, 0.25) is 5.02 Å². The number of hydrogen-bond donors (Lipinski definition) is 0. The molecule has 0 bridgehead atoms. The predicted molar refractivity (Wildman–Crippen MR) is 111 cm³/mol. The Bertz CT molecular complexity index is 828. The van der Waals surface area contributed by atoms with E-state index in [0.29, 0.717) is 18.2 Å². The van der Waals surface area contributed by atoms with Gasteiger partial charge in [-0.15, -0.1) is 0 Å². The fourth-order valence-electron chi connectivity index (χ4n) is 3.71. The standard InChI is InChI=1S/C21H30ClN3O3/c1-21(2,3)28-20(26)24-10-5-7-15(14-24)19-23-17-9-8-16(22)13-18(17)25(19)11-6-12-27-4/h8-9,13,15H,5-7,10-12,14H2,1-4H3/t15-/m1/s1. The van der Waals surface area contributed by atoms with Gasteiger partial charge in [0, 0.05) is 44.3 Å². The van der Waals surface area contributed by atoms with Crippen LogP contribution in [0.1, 0.15) is 51.8 Å². The van der Waals surface area contributed by atoms with E-state index in [9.17, 15) is 4.79 Å². The van der Waals surface area contributed by atoms with Crippen molar-refractivity contribution in [2.24, 2.45) is 0 Å². The third-order valence-electron chi connectivity index (χ3n) is 4.91. The second kappa shape index (κ2) is 8.70. The van der Waals surface area contributed by atoms with Crippen molar-refractivity contribution in [3.63, 3.8) is 0 Å². The summed E-state index contributed by atoms with van der Waals surface area (Å²) < 4.78 is 13.0. The highest BCUT2D eigenvalue weighted by atomic mass is 35.5. The number of fused-ring (bicyclic) bond motifs is 1. The van der Waals surface area contributed by atoms with Gasteiger partial charge in [-0.3, -0.25) is 0 Å². The molecule has 0 spiro atoms. The second-order valence-electron chi connectivity index (χ2n) is 8.37. The van der Waals surface area contributed by atoms with Gasteiger partial charge in [0.15, 0.2) is 0 Å². The maximum absolute atomic E-state index is 12.5. The molecule has 0 N–H and O–H groups in total. The fourth-order valence-corrected chi connectivity index (χ4v) is 3.87. The second-order valence-corrected chi connectivity index (χ2v) is 8.80. The normalized spacial score (nSPS) is 17.9. The third kappa shape index (κ3) is 4.97. The van der Waals surface area contributed by atoms with Crippen molar-refractivity contribution in [3.8, 4) is 0 Å². The van der Waals surface area contributed by atoms with Gasteiger partial charge in [0.1, 0.15) is 11.4 Å². The first-order valence-electron chi connectivity index (χ1n) is 9.91. The summed E-state index contributed by atoms with van der Waals surface area (Å²) in [6.45, 7) is 8.52. The molecule has 1 aliphatic heterocycles. The first kappa shape index (κ1) is 20.9. The lowest BCUT2D eigenvalue weighted by Crippen LogP contribution is -2.42.